The first kappa shape index (κ1) is 22.8. The molecule has 1 unspecified atom stereocenters. The molecule has 1 atom stereocenters. The molecule has 0 fully saturated rings. The number of anilines is 1. The Balaban J connectivity index is 1.63. The van der Waals surface area contributed by atoms with Crippen molar-refractivity contribution in [2.45, 2.75) is 31.6 Å². The minimum Gasteiger partial charge on any atom is -0.342 e. The Morgan fingerprint density at radius 2 is 1.87 bits per heavy atom. The Bertz CT molecular complexity index is 1070. The summed E-state index contributed by atoms with van der Waals surface area (Å²) < 4.78 is 15.7. The van der Waals surface area contributed by atoms with Gasteiger partial charge >= 0.3 is 0 Å². The van der Waals surface area contributed by atoms with Crippen LogP contribution in [0.3, 0.4) is 0 Å². The van der Waals surface area contributed by atoms with E-state index in [4.69, 9.17) is 11.6 Å². The van der Waals surface area contributed by atoms with Crippen molar-refractivity contribution in [2.75, 3.05) is 11.1 Å². The highest BCUT2D eigenvalue weighted by atomic mass is 35.5. The third kappa shape index (κ3) is 5.83. The van der Waals surface area contributed by atoms with Crippen LogP contribution in [0.15, 0.2) is 53.7 Å². The van der Waals surface area contributed by atoms with Gasteiger partial charge in [0, 0.05) is 17.3 Å². The van der Waals surface area contributed by atoms with Gasteiger partial charge in [0.2, 0.25) is 5.91 Å². The number of nitrogens with zero attached hydrogens (tertiary/aromatic N) is 3. The van der Waals surface area contributed by atoms with Gasteiger partial charge in [0.15, 0.2) is 11.0 Å². The molecule has 0 aliphatic carbocycles. The lowest BCUT2D eigenvalue weighted by atomic mass is 10.2. The van der Waals surface area contributed by atoms with E-state index in [1.54, 1.807) is 37.3 Å². The maximum absolute atomic E-state index is 13.9. The van der Waals surface area contributed by atoms with Gasteiger partial charge in [-0.2, -0.15) is 0 Å². The lowest BCUT2D eigenvalue weighted by Gasteiger charge is -2.15. The number of hydrogen-bond donors (Lipinski definition) is 2. The van der Waals surface area contributed by atoms with Crippen molar-refractivity contribution < 1.29 is 14.0 Å². The SMILES string of the molecule is CCn1c(SCC(=O)Nc2ccc(Cl)cc2)nnc1C(C)NC(=O)c1ccccc1F. The quantitative estimate of drug-likeness (QED) is 0.488. The average molecular weight is 462 g/mol. The van der Waals surface area contributed by atoms with Gasteiger partial charge in [-0.15, -0.1) is 10.2 Å². The lowest BCUT2D eigenvalue weighted by Crippen LogP contribution is -2.29. The standard InChI is InChI=1S/C21H21ClFN5O2S/c1-3-28-19(13(2)24-20(30)16-6-4-5-7-17(16)23)26-27-21(28)31-12-18(29)25-15-10-8-14(22)9-11-15/h4-11,13H,3,12H2,1-2H3,(H,24,30)(H,25,29). The molecule has 0 aliphatic rings. The molecule has 7 nitrogen and oxygen atoms in total. The Kier molecular flexibility index (Phi) is 7.64. The molecule has 31 heavy (non-hydrogen) atoms. The normalized spacial score (nSPS) is 11.7. The smallest absolute Gasteiger partial charge is 0.254 e. The second-order valence-electron chi connectivity index (χ2n) is 6.60. The van der Waals surface area contributed by atoms with Crippen molar-refractivity contribution in [2.24, 2.45) is 0 Å². The lowest BCUT2D eigenvalue weighted by molar-refractivity contribution is -0.113. The Hall–Kier alpha value is -2.91. The van der Waals surface area contributed by atoms with Gasteiger partial charge in [-0.1, -0.05) is 35.5 Å². The second kappa shape index (κ2) is 10.4. The van der Waals surface area contributed by atoms with E-state index in [-0.39, 0.29) is 17.2 Å². The largest absolute Gasteiger partial charge is 0.342 e. The number of carbonyl (C=O) groups is 2. The average Bonchev–Trinajstić information content (AvgIpc) is 3.17. The zero-order chi connectivity index (χ0) is 22.4. The Morgan fingerprint density at radius 1 is 1.16 bits per heavy atom. The van der Waals surface area contributed by atoms with E-state index in [0.29, 0.717) is 28.2 Å². The molecule has 0 saturated heterocycles. The van der Waals surface area contributed by atoms with Gasteiger partial charge in [-0.25, -0.2) is 4.39 Å². The van der Waals surface area contributed by atoms with Gasteiger partial charge in [0.05, 0.1) is 17.4 Å². The summed E-state index contributed by atoms with van der Waals surface area (Å²) in [5, 5.41) is 15.0. The first-order valence-corrected chi connectivity index (χ1v) is 10.9. The van der Waals surface area contributed by atoms with E-state index < -0.39 is 17.8 Å². The number of thioether (sulfide) groups is 1. The summed E-state index contributed by atoms with van der Waals surface area (Å²) >= 11 is 7.08. The monoisotopic (exact) mass is 461 g/mol. The molecule has 0 radical (unpaired) electrons. The van der Waals surface area contributed by atoms with Gasteiger partial charge in [0.25, 0.3) is 5.91 Å². The third-order valence-corrected chi connectivity index (χ3v) is 5.59. The molecule has 2 aromatic carbocycles. The van der Waals surface area contributed by atoms with Crippen LogP contribution in [0, 0.1) is 5.82 Å². The molecule has 3 aromatic rings. The molecule has 1 aromatic heterocycles. The predicted molar refractivity (Wildman–Crippen MR) is 119 cm³/mol. The van der Waals surface area contributed by atoms with E-state index in [1.807, 2.05) is 11.5 Å². The van der Waals surface area contributed by atoms with Crippen molar-refractivity contribution in [3.8, 4) is 0 Å². The van der Waals surface area contributed by atoms with Crippen LogP contribution in [0.5, 0.6) is 0 Å². The molecule has 2 amide bonds. The Morgan fingerprint density at radius 3 is 2.55 bits per heavy atom. The van der Waals surface area contributed by atoms with E-state index in [2.05, 4.69) is 20.8 Å². The van der Waals surface area contributed by atoms with Crippen molar-refractivity contribution in [3.05, 3.63) is 70.8 Å². The van der Waals surface area contributed by atoms with E-state index in [9.17, 15) is 14.0 Å². The van der Waals surface area contributed by atoms with Crippen LogP contribution in [0.25, 0.3) is 0 Å². The maximum Gasteiger partial charge on any atom is 0.254 e. The fraction of sp³-hybridized carbons (Fsp3) is 0.238. The fourth-order valence-electron chi connectivity index (χ4n) is 2.87. The van der Waals surface area contributed by atoms with Crippen LogP contribution in [0.1, 0.15) is 36.1 Å². The van der Waals surface area contributed by atoms with E-state index in [0.717, 1.165) is 0 Å². The van der Waals surface area contributed by atoms with Crippen molar-refractivity contribution in [3.63, 3.8) is 0 Å². The van der Waals surface area contributed by atoms with E-state index in [1.165, 1.54) is 30.0 Å². The summed E-state index contributed by atoms with van der Waals surface area (Å²) in [4.78, 5) is 24.6. The molecule has 3 rings (SSSR count). The topological polar surface area (TPSA) is 88.9 Å². The fourth-order valence-corrected chi connectivity index (χ4v) is 3.80. The number of rotatable bonds is 8. The highest BCUT2D eigenvalue weighted by Gasteiger charge is 2.21. The number of nitrogens with one attached hydrogen (secondary N) is 2. The zero-order valence-corrected chi connectivity index (χ0v) is 18.5. The van der Waals surface area contributed by atoms with Crippen LogP contribution < -0.4 is 10.6 Å². The minimum absolute atomic E-state index is 0.0367. The van der Waals surface area contributed by atoms with Crippen molar-refractivity contribution >= 4 is 40.9 Å². The van der Waals surface area contributed by atoms with Crippen LogP contribution in [-0.2, 0) is 11.3 Å². The first-order chi connectivity index (χ1) is 14.9. The summed E-state index contributed by atoms with van der Waals surface area (Å²) in [5.41, 5.74) is 0.613. The molecule has 2 N–H and O–H groups in total. The van der Waals surface area contributed by atoms with Gasteiger partial charge < -0.3 is 15.2 Å². The Labute approximate surface area is 188 Å². The maximum atomic E-state index is 13.9. The van der Waals surface area contributed by atoms with Crippen LogP contribution in [0.2, 0.25) is 5.02 Å². The number of hydrogen-bond acceptors (Lipinski definition) is 5. The summed E-state index contributed by atoms with van der Waals surface area (Å²) in [6.07, 6.45) is 0. The molecule has 10 heteroatoms. The number of amides is 2. The molecule has 0 spiro atoms. The number of carbonyl (C=O) groups excluding carboxylic acids is 2. The van der Waals surface area contributed by atoms with E-state index >= 15 is 0 Å². The van der Waals surface area contributed by atoms with Crippen LogP contribution in [-0.4, -0.2) is 32.3 Å². The minimum atomic E-state index is -0.591. The highest BCUT2D eigenvalue weighted by molar-refractivity contribution is 7.99. The summed E-state index contributed by atoms with van der Waals surface area (Å²) in [7, 11) is 0. The molecular weight excluding hydrogens is 441 g/mol. The zero-order valence-electron chi connectivity index (χ0n) is 16.9. The molecule has 0 saturated carbocycles. The summed E-state index contributed by atoms with van der Waals surface area (Å²) in [6.45, 7) is 4.20. The van der Waals surface area contributed by atoms with Crippen LogP contribution >= 0.6 is 23.4 Å². The van der Waals surface area contributed by atoms with Gasteiger partial charge in [-0.3, -0.25) is 9.59 Å². The second-order valence-corrected chi connectivity index (χ2v) is 7.98. The van der Waals surface area contributed by atoms with Crippen LogP contribution in [0.4, 0.5) is 10.1 Å². The third-order valence-electron chi connectivity index (χ3n) is 4.38. The molecular formula is C21H21ClFN5O2S. The molecule has 162 valence electrons. The molecule has 0 aliphatic heterocycles. The molecule has 0 bridgehead atoms. The first-order valence-electron chi connectivity index (χ1n) is 9.55. The number of aromatic nitrogens is 3. The highest BCUT2D eigenvalue weighted by Crippen LogP contribution is 2.22. The van der Waals surface area contributed by atoms with Crippen molar-refractivity contribution in [1.82, 2.24) is 20.1 Å². The number of benzene rings is 2. The van der Waals surface area contributed by atoms with Gasteiger partial charge in [-0.05, 0) is 50.2 Å². The van der Waals surface area contributed by atoms with Gasteiger partial charge in [0.1, 0.15) is 5.82 Å². The number of halogens is 2. The summed E-state index contributed by atoms with van der Waals surface area (Å²) in [6, 6.07) is 12.1. The summed E-state index contributed by atoms with van der Waals surface area (Å²) in [5.74, 6) is -0.662. The predicted octanol–water partition coefficient (Wildman–Crippen LogP) is 4.31. The molecule has 1 heterocycles. The van der Waals surface area contributed by atoms with Crippen molar-refractivity contribution in [1.29, 1.82) is 0 Å².